The van der Waals surface area contributed by atoms with Gasteiger partial charge in [0.1, 0.15) is 18.1 Å². The molecule has 0 heterocycles. The minimum Gasteiger partial charge on any atom is -0.481 e. The molecule has 32 heavy (non-hydrogen) atoms. The van der Waals surface area contributed by atoms with Gasteiger partial charge in [-0.15, -0.1) is 0 Å². The molecular formula is C19H33N5O8. The smallest absolute Gasteiger partial charge is 0.325 e. The van der Waals surface area contributed by atoms with Gasteiger partial charge in [0.15, 0.2) is 0 Å². The molecule has 9 N–H and O–H groups in total. The van der Waals surface area contributed by atoms with E-state index in [2.05, 4.69) is 16.0 Å². The number of carboxylic acids is 2. The number of rotatable bonds is 15. The number of amides is 4. The number of carbonyl (C=O) groups is 6. The molecule has 13 heteroatoms. The molecule has 0 radical (unpaired) electrons. The third kappa shape index (κ3) is 11.8. The highest BCUT2D eigenvalue weighted by Crippen LogP contribution is 2.08. The number of carbonyl (C=O) groups excluding carboxylic acids is 4. The SMILES string of the molecule is CC(C)CC(NC(=O)C(N)CCC(N)=O)C(=O)NC(CCC(=O)O)C(=O)NC(C)C(=O)O. The van der Waals surface area contributed by atoms with Crippen molar-refractivity contribution in [2.75, 3.05) is 0 Å². The Kier molecular flexibility index (Phi) is 12.6. The summed E-state index contributed by atoms with van der Waals surface area (Å²) in [7, 11) is 0. The Hall–Kier alpha value is -3.22. The Morgan fingerprint density at radius 2 is 1.31 bits per heavy atom. The zero-order valence-electron chi connectivity index (χ0n) is 18.4. The van der Waals surface area contributed by atoms with Crippen molar-refractivity contribution >= 4 is 35.6 Å². The third-order valence-electron chi connectivity index (χ3n) is 4.39. The quantitative estimate of drug-likeness (QED) is 0.144. The summed E-state index contributed by atoms with van der Waals surface area (Å²) in [5, 5.41) is 24.9. The van der Waals surface area contributed by atoms with Gasteiger partial charge >= 0.3 is 11.9 Å². The lowest BCUT2D eigenvalue weighted by Crippen LogP contribution is -2.57. The molecule has 0 saturated carbocycles. The number of hydrogen-bond donors (Lipinski definition) is 7. The van der Waals surface area contributed by atoms with E-state index in [0.717, 1.165) is 0 Å². The summed E-state index contributed by atoms with van der Waals surface area (Å²) in [4.78, 5) is 70.3. The van der Waals surface area contributed by atoms with Gasteiger partial charge in [-0.05, 0) is 32.1 Å². The van der Waals surface area contributed by atoms with Gasteiger partial charge < -0.3 is 37.6 Å². The van der Waals surface area contributed by atoms with E-state index in [-0.39, 0.29) is 31.6 Å². The molecule has 4 amide bonds. The molecule has 0 aliphatic heterocycles. The van der Waals surface area contributed by atoms with Crippen LogP contribution < -0.4 is 27.4 Å². The van der Waals surface area contributed by atoms with Crippen LogP contribution in [0.3, 0.4) is 0 Å². The summed E-state index contributed by atoms with van der Waals surface area (Å²) >= 11 is 0. The Balaban J connectivity index is 5.38. The molecule has 0 aromatic carbocycles. The van der Waals surface area contributed by atoms with Crippen molar-refractivity contribution in [1.82, 2.24) is 16.0 Å². The van der Waals surface area contributed by atoms with Gasteiger partial charge in [0.2, 0.25) is 23.6 Å². The zero-order chi connectivity index (χ0) is 25.0. The van der Waals surface area contributed by atoms with Crippen LogP contribution >= 0.6 is 0 Å². The largest absolute Gasteiger partial charge is 0.481 e. The van der Waals surface area contributed by atoms with E-state index in [1.807, 2.05) is 0 Å². The van der Waals surface area contributed by atoms with Gasteiger partial charge in [-0.3, -0.25) is 28.8 Å². The van der Waals surface area contributed by atoms with Crippen LogP contribution in [0, 0.1) is 5.92 Å². The van der Waals surface area contributed by atoms with Crippen LogP contribution in [0.1, 0.15) is 52.9 Å². The Bertz CT molecular complexity index is 712. The maximum absolute atomic E-state index is 12.8. The molecule has 4 unspecified atom stereocenters. The van der Waals surface area contributed by atoms with Crippen LogP contribution in [0.5, 0.6) is 0 Å². The minimum atomic E-state index is -1.34. The highest BCUT2D eigenvalue weighted by molar-refractivity contribution is 5.94. The monoisotopic (exact) mass is 459 g/mol. The van der Waals surface area contributed by atoms with Crippen molar-refractivity contribution in [2.24, 2.45) is 17.4 Å². The number of nitrogens with two attached hydrogens (primary N) is 2. The Labute approximate surface area is 185 Å². The van der Waals surface area contributed by atoms with Crippen LogP contribution in [-0.2, 0) is 28.8 Å². The van der Waals surface area contributed by atoms with Crippen LogP contribution in [0.2, 0.25) is 0 Å². The Morgan fingerprint density at radius 3 is 1.78 bits per heavy atom. The maximum atomic E-state index is 12.8. The molecule has 0 aliphatic carbocycles. The van der Waals surface area contributed by atoms with Crippen molar-refractivity contribution in [3.05, 3.63) is 0 Å². The van der Waals surface area contributed by atoms with Gasteiger partial charge in [0.25, 0.3) is 0 Å². The van der Waals surface area contributed by atoms with Crippen molar-refractivity contribution in [1.29, 1.82) is 0 Å². The predicted molar refractivity (Wildman–Crippen MR) is 112 cm³/mol. The fourth-order valence-corrected chi connectivity index (χ4v) is 2.60. The molecule has 0 aromatic heterocycles. The van der Waals surface area contributed by atoms with E-state index in [1.54, 1.807) is 13.8 Å². The van der Waals surface area contributed by atoms with Crippen LogP contribution in [0.4, 0.5) is 0 Å². The molecule has 0 rings (SSSR count). The standard InChI is InChI=1S/C19H33N5O8/c1-9(2)8-13(24-16(28)11(20)4-6-14(21)25)18(30)23-12(5-7-15(26)27)17(29)22-10(3)19(31)32/h9-13H,4-8,20H2,1-3H3,(H2,21,25)(H,22,29)(H,23,30)(H,24,28)(H,26,27)(H,31,32). The highest BCUT2D eigenvalue weighted by Gasteiger charge is 2.30. The molecule has 182 valence electrons. The van der Waals surface area contributed by atoms with E-state index < -0.39 is 66.2 Å². The van der Waals surface area contributed by atoms with Crippen molar-refractivity contribution in [2.45, 2.75) is 77.0 Å². The average molecular weight is 460 g/mol. The highest BCUT2D eigenvalue weighted by atomic mass is 16.4. The zero-order valence-corrected chi connectivity index (χ0v) is 18.4. The van der Waals surface area contributed by atoms with Gasteiger partial charge in [-0.1, -0.05) is 13.8 Å². The van der Waals surface area contributed by atoms with E-state index >= 15 is 0 Å². The molecule has 0 aliphatic rings. The second-order valence-corrected chi connectivity index (χ2v) is 7.86. The summed E-state index contributed by atoms with van der Waals surface area (Å²) in [6.45, 7) is 4.80. The fourth-order valence-electron chi connectivity index (χ4n) is 2.60. The van der Waals surface area contributed by atoms with E-state index in [4.69, 9.17) is 21.7 Å². The first-order valence-electron chi connectivity index (χ1n) is 10.1. The summed E-state index contributed by atoms with van der Waals surface area (Å²) < 4.78 is 0. The molecule has 4 atom stereocenters. The molecule has 0 fully saturated rings. The third-order valence-corrected chi connectivity index (χ3v) is 4.39. The fraction of sp³-hybridized carbons (Fsp3) is 0.684. The first-order valence-corrected chi connectivity index (χ1v) is 10.1. The average Bonchev–Trinajstić information content (AvgIpc) is 2.67. The van der Waals surface area contributed by atoms with E-state index in [9.17, 15) is 28.8 Å². The van der Waals surface area contributed by atoms with Gasteiger partial charge in [0.05, 0.1) is 6.04 Å². The number of primary amides is 1. The van der Waals surface area contributed by atoms with Crippen LogP contribution in [0.25, 0.3) is 0 Å². The van der Waals surface area contributed by atoms with Gasteiger partial charge in [0, 0.05) is 12.8 Å². The van der Waals surface area contributed by atoms with E-state index in [1.165, 1.54) is 6.92 Å². The lowest BCUT2D eigenvalue weighted by Gasteiger charge is -2.25. The van der Waals surface area contributed by atoms with Crippen molar-refractivity contribution in [3.8, 4) is 0 Å². The van der Waals surface area contributed by atoms with Crippen LogP contribution in [-0.4, -0.2) is 69.9 Å². The number of nitrogens with one attached hydrogen (secondary N) is 3. The van der Waals surface area contributed by atoms with Gasteiger partial charge in [-0.25, -0.2) is 0 Å². The second-order valence-electron chi connectivity index (χ2n) is 7.86. The minimum absolute atomic E-state index is 0.0199. The van der Waals surface area contributed by atoms with Crippen molar-refractivity contribution < 1.29 is 39.0 Å². The second kappa shape index (κ2) is 14.0. The summed E-state index contributed by atoms with van der Waals surface area (Å²) in [6.07, 6.45) is -0.708. The Morgan fingerprint density at radius 1 is 0.781 bits per heavy atom. The first kappa shape index (κ1) is 28.8. The molecule has 0 spiro atoms. The summed E-state index contributed by atoms with van der Waals surface area (Å²) in [5.41, 5.74) is 10.8. The number of hydrogen-bond acceptors (Lipinski definition) is 7. The van der Waals surface area contributed by atoms with E-state index in [0.29, 0.717) is 0 Å². The maximum Gasteiger partial charge on any atom is 0.325 e. The predicted octanol–water partition coefficient (Wildman–Crippen LogP) is -1.95. The summed E-state index contributed by atoms with van der Waals surface area (Å²) in [6, 6.07) is -4.79. The molecule has 13 nitrogen and oxygen atoms in total. The molecule has 0 saturated heterocycles. The number of aliphatic carboxylic acids is 2. The molecular weight excluding hydrogens is 426 g/mol. The lowest BCUT2D eigenvalue weighted by atomic mass is 10.0. The normalized spacial score (nSPS) is 14.5. The topological polar surface area (TPSA) is 231 Å². The van der Waals surface area contributed by atoms with Gasteiger partial charge in [-0.2, -0.15) is 0 Å². The molecule has 0 aromatic rings. The van der Waals surface area contributed by atoms with Crippen molar-refractivity contribution in [3.63, 3.8) is 0 Å². The molecule has 0 bridgehead atoms. The summed E-state index contributed by atoms with van der Waals surface area (Å²) in [5.74, 6) is -5.53. The number of carboxylic acid groups (broad SMARTS) is 2. The lowest BCUT2D eigenvalue weighted by molar-refractivity contribution is -0.142. The first-order chi connectivity index (χ1) is 14.7. The van der Waals surface area contributed by atoms with Crippen LogP contribution in [0.15, 0.2) is 0 Å².